The third kappa shape index (κ3) is 2.83. The lowest BCUT2D eigenvalue weighted by Crippen LogP contribution is -2.36. The molecule has 0 radical (unpaired) electrons. The van der Waals surface area contributed by atoms with Crippen molar-refractivity contribution in [1.29, 1.82) is 0 Å². The molecule has 0 bridgehead atoms. The van der Waals surface area contributed by atoms with E-state index in [1.165, 1.54) is 6.92 Å². The summed E-state index contributed by atoms with van der Waals surface area (Å²) in [6.45, 7) is 3.41. The van der Waals surface area contributed by atoms with Crippen LogP contribution in [0.1, 0.15) is 36.3 Å². The Labute approximate surface area is 178 Å². The number of aryl methyl sites for hydroxylation is 1. The highest BCUT2D eigenvalue weighted by molar-refractivity contribution is 5.88. The normalized spacial score (nSPS) is 28.7. The molecule has 3 heterocycles. The highest BCUT2D eigenvalue weighted by Crippen LogP contribution is 2.68. The predicted molar refractivity (Wildman–Crippen MR) is 112 cm³/mol. The molecule has 0 saturated heterocycles. The topological polar surface area (TPSA) is 126 Å². The summed E-state index contributed by atoms with van der Waals surface area (Å²) in [5.74, 6) is 6.54. The first kappa shape index (κ1) is 19.6. The molecule has 2 fully saturated rings. The largest absolute Gasteiger partial charge is 0.389 e. The van der Waals surface area contributed by atoms with E-state index >= 15 is 0 Å². The standard InChI is InChI=1S/C22H22N6O3/c1-11-6-13(9-24-8-11)4-5-15-26-20(23-3)16-21(27-15)28(10-25-16)17-14-7-22(14,12(2)29)19(31)18(17)30/h6,8-10,14,17-19,30-31H,7H2,1-3H3,(H,23,26,27)/t14?,17-,18+,19?,22-/m1/s1. The molecule has 3 aromatic rings. The van der Waals surface area contributed by atoms with E-state index in [1.807, 2.05) is 13.0 Å². The van der Waals surface area contributed by atoms with Crippen molar-refractivity contribution in [3.63, 3.8) is 0 Å². The number of fused-ring (bicyclic) bond motifs is 2. The summed E-state index contributed by atoms with van der Waals surface area (Å²) in [7, 11) is 1.73. The average molecular weight is 418 g/mol. The zero-order valence-corrected chi connectivity index (χ0v) is 17.4. The number of nitrogens with one attached hydrogen (secondary N) is 1. The van der Waals surface area contributed by atoms with Gasteiger partial charge in [0.05, 0.1) is 23.9 Å². The lowest BCUT2D eigenvalue weighted by atomic mass is 9.95. The number of pyridine rings is 1. The first-order valence-corrected chi connectivity index (χ1v) is 10.1. The van der Waals surface area contributed by atoms with Crippen LogP contribution in [0.5, 0.6) is 0 Å². The Morgan fingerprint density at radius 2 is 2.10 bits per heavy atom. The fourth-order valence-corrected chi connectivity index (χ4v) is 4.89. The van der Waals surface area contributed by atoms with Crippen molar-refractivity contribution >= 4 is 22.8 Å². The molecule has 2 aliphatic carbocycles. The predicted octanol–water partition coefficient (Wildman–Crippen LogP) is 0.843. The van der Waals surface area contributed by atoms with Crippen molar-refractivity contribution in [3.05, 3.63) is 41.7 Å². The van der Waals surface area contributed by atoms with Crippen molar-refractivity contribution in [2.75, 3.05) is 12.4 Å². The van der Waals surface area contributed by atoms with Crippen molar-refractivity contribution in [2.24, 2.45) is 11.3 Å². The van der Waals surface area contributed by atoms with Gasteiger partial charge in [-0.1, -0.05) is 5.92 Å². The van der Waals surface area contributed by atoms with Crippen molar-refractivity contribution in [3.8, 4) is 11.8 Å². The van der Waals surface area contributed by atoms with E-state index in [1.54, 1.807) is 30.3 Å². The number of hydrogen-bond acceptors (Lipinski definition) is 8. The third-order valence-electron chi connectivity index (χ3n) is 6.50. The number of imidazole rings is 1. The van der Waals surface area contributed by atoms with E-state index in [0.29, 0.717) is 29.2 Å². The molecule has 0 aromatic carbocycles. The van der Waals surface area contributed by atoms with Crippen LogP contribution in [0.2, 0.25) is 0 Å². The number of anilines is 1. The SMILES string of the molecule is CNc1nc(C#Cc2cncc(C)c2)nc2c1ncn2[C@@H]1C2C[C@]2(C(C)=O)C(O)[C@H]1O. The van der Waals surface area contributed by atoms with Gasteiger partial charge in [-0.25, -0.2) is 15.0 Å². The molecule has 2 unspecified atom stereocenters. The summed E-state index contributed by atoms with van der Waals surface area (Å²) in [5.41, 5.74) is 1.91. The Balaban J connectivity index is 1.59. The number of aliphatic hydroxyl groups is 2. The van der Waals surface area contributed by atoms with Gasteiger partial charge in [0.2, 0.25) is 5.82 Å². The fourth-order valence-electron chi connectivity index (χ4n) is 4.89. The second-order valence-corrected chi connectivity index (χ2v) is 8.30. The van der Waals surface area contributed by atoms with Gasteiger partial charge in [0.25, 0.3) is 0 Å². The molecular weight excluding hydrogens is 396 g/mol. The molecule has 9 nitrogen and oxygen atoms in total. The number of nitrogens with zero attached hydrogens (tertiary/aromatic N) is 5. The van der Waals surface area contributed by atoms with Crippen LogP contribution in [0, 0.1) is 30.1 Å². The molecule has 5 atom stereocenters. The van der Waals surface area contributed by atoms with Crippen LogP contribution in [-0.4, -0.2) is 59.8 Å². The lowest BCUT2D eigenvalue weighted by molar-refractivity contribution is -0.128. The monoisotopic (exact) mass is 418 g/mol. The molecule has 3 aromatic heterocycles. The minimum absolute atomic E-state index is 0.0974. The number of aliphatic hydroxyl groups excluding tert-OH is 2. The maximum atomic E-state index is 12.2. The Morgan fingerprint density at radius 3 is 2.77 bits per heavy atom. The number of aromatic nitrogens is 5. The van der Waals surface area contributed by atoms with Crippen LogP contribution in [0.15, 0.2) is 24.8 Å². The van der Waals surface area contributed by atoms with Gasteiger partial charge in [-0.3, -0.25) is 9.78 Å². The number of ketones is 1. The van der Waals surface area contributed by atoms with Gasteiger partial charge < -0.3 is 20.1 Å². The zero-order chi connectivity index (χ0) is 21.9. The van der Waals surface area contributed by atoms with Gasteiger partial charge in [-0.2, -0.15) is 0 Å². The van der Waals surface area contributed by atoms with E-state index in [9.17, 15) is 15.0 Å². The number of carbonyl (C=O) groups is 1. The van der Waals surface area contributed by atoms with Crippen LogP contribution in [-0.2, 0) is 4.79 Å². The van der Waals surface area contributed by atoms with E-state index in [0.717, 1.165) is 11.1 Å². The summed E-state index contributed by atoms with van der Waals surface area (Å²) in [5, 5.41) is 24.3. The molecule has 0 spiro atoms. The summed E-state index contributed by atoms with van der Waals surface area (Å²) in [6.07, 6.45) is 3.37. The molecule has 5 rings (SSSR count). The van der Waals surface area contributed by atoms with Crippen molar-refractivity contribution < 1.29 is 15.0 Å². The van der Waals surface area contributed by atoms with Crippen molar-refractivity contribution in [1.82, 2.24) is 24.5 Å². The van der Waals surface area contributed by atoms with Gasteiger partial charge in [0.1, 0.15) is 11.9 Å². The maximum absolute atomic E-state index is 12.2. The Morgan fingerprint density at radius 1 is 1.29 bits per heavy atom. The minimum atomic E-state index is -1.10. The van der Waals surface area contributed by atoms with Crippen LogP contribution >= 0.6 is 0 Å². The third-order valence-corrected chi connectivity index (χ3v) is 6.50. The summed E-state index contributed by atoms with van der Waals surface area (Å²) in [4.78, 5) is 29.8. The van der Waals surface area contributed by atoms with Crippen LogP contribution in [0.4, 0.5) is 5.82 Å². The van der Waals surface area contributed by atoms with Crippen LogP contribution < -0.4 is 5.32 Å². The van der Waals surface area contributed by atoms with E-state index in [2.05, 4.69) is 37.1 Å². The fraction of sp³-hybridized carbons (Fsp3) is 0.409. The minimum Gasteiger partial charge on any atom is -0.389 e. The van der Waals surface area contributed by atoms with Crippen LogP contribution in [0.3, 0.4) is 0 Å². The van der Waals surface area contributed by atoms with Crippen molar-refractivity contribution in [2.45, 2.75) is 38.5 Å². The molecule has 158 valence electrons. The Hall–Kier alpha value is -3.35. The van der Waals surface area contributed by atoms with Gasteiger partial charge in [-0.05, 0) is 43.7 Å². The first-order chi connectivity index (χ1) is 14.9. The molecule has 0 aliphatic heterocycles. The summed E-state index contributed by atoms with van der Waals surface area (Å²) >= 11 is 0. The highest BCUT2D eigenvalue weighted by Gasteiger charge is 2.74. The number of rotatable bonds is 3. The van der Waals surface area contributed by atoms with Gasteiger partial charge in [0, 0.05) is 25.0 Å². The van der Waals surface area contributed by atoms with Gasteiger partial charge in [0.15, 0.2) is 17.0 Å². The molecule has 3 N–H and O–H groups in total. The molecule has 2 aliphatic rings. The van der Waals surface area contributed by atoms with E-state index in [4.69, 9.17) is 0 Å². The summed E-state index contributed by atoms with van der Waals surface area (Å²) < 4.78 is 1.74. The Bertz CT molecular complexity index is 1280. The van der Waals surface area contributed by atoms with Crippen LogP contribution in [0.25, 0.3) is 11.2 Å². The lowest BCUT2D eigenvalue weighted by Gasteiger charge is -2.23. The highest BCUT2D eigenvalue weighted by atomic mass is 16.3. The number of hydrogen-bond donors (Lipinski definition) is 3. The smallest absolute Gasteiger partial charge is 0.209 e. The Kier molecular flexibility index (Phi) is 4.32. The van der Waals surface area contributed by atoms with E-state index in [-0.39, 0.29) is 11.7 Å². The second-order valence-electron chi connectivity index (χ2n) is 8.30. The molecule has 2 saturated carbocycles. The molecule has 0 amide bonds. The maximum Gasteiger partial charge on any atom is 0.209 e. The number of carbonyl (C=O) groups excluding carboxylic acids is 1. The molecule has 31 heavy (non-hydrogen) atoms. The number of Topliss-reactive ketones (excluding diaryl/α,β-unsaturated/α-hetero) is 1. The second kappa shape index (κ2) is 6.83. The molecule has 9 heteroatoms. The van der Waals surface area contributed by atoms with E-state index < -0.39 is 23.7 Å². The molecular formula is C22H22N6O3. The first-order valence-electron chi connectivity index (χ1n) is 10.1. The zero-order valence-electron chi connectivity index (χ0n) is 17.4. The summed E-state index contributed by atoms with van der Waals surface area (Å²) in [6, 6.07) is 1.43. The average Bonchev–Trinajstić information content (AvgIpc) is 3.30. The quantitative estimate of drug-likeness (QED) is 0.535. The van der Waals surface area contributed by atoms with Gasteiger partial charge >= 0.3 is 0 Å². The van der Waals surface area contributed by atoms with Gasteiger partial charge in [-0.15, -0.1) is 0 Å².